The summed E-state index contributed by atoms with van der Waals surface area (Å²) in [5.74, 6) is -0.00382. The molecule has 0 radical (unpaired) electrons. The molecular weight excluding hydrogens is 380 g/mol. The second kappa shape index (κ2) is 10.3. The maximum atomic E-state index is 13.0. The molecule has 1 aromatic carbocycles. The predicted molar refractivity (Wildman–Crippen MR) is 120 cm³/mol. The summed E-state index contributed by atoms with van der Waals surface area (Å²) < 4.78 is 5.39. The van der Waals surface area contributed by atoms with E-state index in [2.05, 4.69) is 24.1 Å². The Morgan fingerprint density at radius 1 is 1.13 bits per heavy atom. The zero-order chi connectivity index (χ0) is 21.7. The fourth-order valence-electron chi connectivity index (χ4n) is 4.40. The first-order valence-electron chi connectivity index (χ1n) is 11.1. The van der Waals surface area contributed by atoms with Crippen LogP contribution in [0.5, 0.6) is 0 Å². The monoisotopic (exact) mass is 416 g/mol. The zero-order valence-electron chi connectivity index (χ0n) is 18.8. The third kappa shape index (κ3) is 5.52. The molecule has 2 aliphatic rings. The lowest BCUT2D eigenvalue weighted by Crippen LogP contribution is -2.54. The van der Waals surface area contributed by atoms with Gasteiger partial charge >= 0.3 is 0 Å². The Morgan fingerprint density at radius 3 is 2.33 bits per heavy atom. The van der Waals surface area contributed by atoms with E-state index in [0.29, 0.717) is 0 Å². The van der Waals surface area contributed by atoms with E-state index < -0.39 is 0 Å². The van der Waals surface area contributed by atoms with Crippen molar-refractivity contribution in [1.82, 2.24) is 9.80 Å². The van der Waals surface area contributed by atoms with Crippen LogP contribution in [-0.2, 0) is 14.3 Å². The predicted octanol–water partition coefficient (Wildman–Crippen LogP) is 2.57. The summed E-state index contributed by atoms with van der Waals surface area (Å²) in [6.07, 6.45) is 3.27. The Hall–Kier alpha value is -2.12. The van der Waals surface area contributed by atoms with Crippen molar-refractivity contribution in [3.8, 4) is 0 Å². The molecule has 7 nitrogen and oxygen atoms in total. The quantitative estimate of drug-likeness (QED) is 0.772. The molecule has 0 aromatic heterocycles. The molecule has 0 spiro atoms. The van der Waals surface area contributed by atoms with E-state index in [1.54, 1.807) is 0 Å². The summed E-state index contributed by atoms with van der Waals surface area (Å²) >= 11 is 0. The van der Waals surface area contributed by atoms with Crippen LogP contribution in [0, 0.1) is 0 Å². The molecule has 3 atom stereocenters. The Balaban J connectivity index is 1.51. The molecule has 1 aromatic rings. The Morgan fingerprint density at radius 2 is 1.73 bits per heavy atom. The minimum atomic E-state index is -0.331. The van der Waals surface area contributed by atoms with Gasteiger partial charge < -0.3 is 19.9 Å². The molecular formula is C23H36N4O3. The largest absolute Gasteiger partial charge is 0.378 e. The van der Waals surface area contributed by atoms with Gasteiger partial charge in [-0.15, -0.1) is 0 Å². The normalized spacial score (nSPS) is 23.4. The van der Waals surface area contributed by atoms with E-state index in [0.717, 1.165) is 50.5 Å². The standard InChI is InChI=1S/C23H36N4O3/c1-17-6-5-7-18(2)27(17)23(29)19(3)25(4)16-22(28)24-20-8-10-21(11-9-20)26-12-14-30-15-13-26/h8-11,17-19H,5-7,12-16H2,1-4H3,(H,24,28)/t17-,18-,19+/m0/s1. The number of nitrogens with one attached hydrogen (secondary N) is 1. The number of likely N-dealkylation sites (N-methyl/N-ethyl adjacent to an activating group) is 1. The second-order valence-electron chi connectivity index (χ2n) is 8.66. The first-order valence-corrected chi connectivity index (χ1v) is 11.1. The van der Waals surface area contributed by atoms with Gasteiger partial charge in [-0.1, -0.05) is 0 Å². The van der Waals surface area contributed by atoms with Crippen LogP contribution in [0.25, 0.3) is 0 Å². The molecule has 0 unspecified atom stereocenters. The SMILES string of the molecule is C[C@H](C(=O)N1[C@@H](C)CCC[C@@H]1C)N(C)CC(=O)Nc1ccc(N2CCOCC2)cc1. The van der Waals surface area contributed by atoms with Crippen LogP contribution >= 0.6 is 0 Å². The molecule has 7 heteroatoms. The van der Waals surface area contributed by atoms with Gasteiger partial charge in [-0.2, -0.15) is 0 Å². The number of rotatable bonds is 6. The van der Waals surface area contributed by atoms with Crippen LogP contribution in [0.15, 0.2) is 24.3 Å². The molecule has 0 bridgehead atoms. The number of ether oxygens (including phenoxy) is 1. The highest BCUT2D eigenvalue weighted by Gasteiger charge is 2.33. The summed E-state index contributed by atoms with van der Waals surface area (Å²) in [7, 11) is 1.84. The highest BCUT2D eigenvalue weighted by atomic mass is 16.5. The lowest BCUT2D eigenvalue weighted by atomic mass is 9.96. The van der Waals surface area contributed by atoms with Crippen LogP contribution in [0.1, 0.15) is 40.0 Å². The molecule has 0 aliphatic carbocycles. The number of benzene rings is 1. The molecule has 166 valence electrons. The van der Waals surface area contributed by atoms with E-state index in [4.69, 9.17) is 4.74 Å². The molecule has 2 heterocycles. The Bertz CT molecular complexity index is 708. The third-order valence-electron chi connectivity index (χ3n) is 6.39. The highest BCUT2D eigenvalue weighted by molar-refractivity contribution is 5.93. The van der Waals surface area contributed by atoms with Gasteiger partial charge in [-0.25, -0.2) is 0 Å². The lowest BCUT2D eigenvalue weighted by molar-refractivity contribution is -0.142. The maximum absolute atomic E-state index is 13.0. The average Bonchev–Trinajstić information content (AvgIpc) is 2.74. The van der Waals surface area contributed by atoms with Gasteiger partial charge in [-0.3, -0.25) is 14.5 Å². The number of carbonyl (C=O) groups is 2. The third-order valence-corrected chi connectivity index (χ3v) is 6.39. The van der Waals surface area contributed by atoms with E-state index in [-0.39, 0.29) is 36.5 Å². The highest BCUT2D eigenvalue weighted by Crippen LogP contribution is 2.24. The van der Waals surface area contributed by atoms with Crippen LogP contribution in [0.3, 0.4) is 0 Å². The number of nitrogens with zero attached hydrogens (tertiary/aromatic N) is 3. The Kier molecular flexibility index (Phi) is 7.72. The molecule has 0 saturated carbocycles. The molecule has 1 N–H and O–H groups in total. The second-order valence-corrected chi connectivity index (χ2v) is 8.66. The molecule has 2 aliphatic heterocycles. The topological polar surface area (TPSA) is 65.1 Å². The number of likely N-dealkylation sites (tertiary alicyclic amines) is 1. The minimum Gasteiger partial charge on any atom is -0.378 e. The van der Waals surface area contributed by atoms with Crippen molar-refractivity contribution in [2.24, 2.45) is 0 Å². The number of hydrogen-bond acceptors (Lipinski definition) is 5. The number of carbonyl (C=O) groups excluding carboxylic acids is 2. The van der Waals surface area contributed by atoms with E-state index in [9.17, 15) is 9.59 Å². The summed E-state index contributed by atoms with van der Waals surface area (Å²) in [4.78, 5) is 31.7. The minimum absolute atomic E-state index is 0.111. The van der Waals surface area contributed by atoms with Crippen LogP contribution in [0.4, 0.5) is 11.4 Å². The van der Waals surface area contributed by atoms with E-state index in [1.807, 2.05) is 48.0 Å². The first-order chi connectivity index (χ1) is 14.4. The molecule has 2 amide bonds. The number of piperidine rings is 1. The maximum Gasteiger partial charge on any atom is 0.240 e. The van der Waals surface area contributed by atoms with Gasteiger partial charge in [0.25, 0.3) is 0 Å². The van der Waals surface area contributed by atoms with Crippen LogP contribution in [-0.4, -0.2) is 79.6 Å². The zero-order valence-corrected chi connectivity index (χ0v) is 18.8. The van der Waals surface area contributed by atoms with Crippen molar-refractivity contribution in [2.75, 3.05) is 50.1 Å². The average molecular weight is 417 g/mol. The van der Waals surface area contributed by atoms with Crippen molar-refractivity contribution in [1.29, 1.82) is 0 Å². The first kappa shape index (κ1) is 22.6. The van der Waals surface area contributed by atoms with Gasteiger partial charge in [0.2, 0.25) is 11.8 Å². The number of anilines is 2. The van der Waals surface area contributed by atoms with Crippen molar-refractivity contribution in [2.45, 2.75) is 58.2 Å². The summed E-state index contributed by atoms with van der Waals surface area (Å²) in [5, 5.41) is 2.95. The number of morpholine rings is 1. The molecule has 2 fully saturated rings. The van der Waals surface area contributed by atoms with Gasteiger partial charge in [-0.05, 0) is 71.3 Å². The summed E-state index contributed by atoms with van der Waals surface area (Å²) in [5.41, 5.74) is 1.90. The fraction of sp³-hybridized carbons (Fsp3) is 0.652. The summed E-state index contributed by atoms with van der Waals surface area (Å²) in [6.45, 7) is 9.57. The van der Waals surface area contributed by atoms with E-state index >= 15 is 0 Å². The van der Waals surface area contributed by atoms with E-state index in [1.165, 1.54) is 6.42 Å². The molecule has 2 saturated heterocycles. The molecule has 3 rings (SSSR count). The van der Waals surface area contributed by atoms with Crippen LogP contribution < -0.4 is 10.2 Å². The van der Waals surface area contributed by atoms with Crippen molar-refractivity contribution in [3.63, 3.8) is 0 Å². The number of hydrogen-bond donors (Lipinski definition) is 1. The smallest absolute Gasteiger partial charge is 0.240 e. The van der Waals surface area contributed by atoms with Gasteiger partial charge in [0.05, 0.1) is 25.8 Å². The van der Waals surface area contributed by atoms with Crippen molar-refractivity contribution in [3.05, 3.63) is 24.3 Å². The van der Waals surface area contributed by atoms with Gasteiger partial charge in [0.15, 0.2) is 0 Å². The van der Waals surface area contributed by atoms with Crippen LogP contribution in [0.2, 0.25) is 0 Å². The van der Waals surface area contributed by atoms with Gasteiger partial charge in [0.1, 0.15) is 0 Å². The number of amides is 2. The lowest BCUT2D eigenvalue weighted by Gasteiger charge is -2.41. The van der Waals surface area contributed by atoms with Gasteiger partial charge in [0, 0.05) is 36.5 Å². The summed E-state index contributed by atoms with van der Waals surface area (Å²) in [6, 6.07) is 8.09. The Labute approximate surface area is 180 Å². The fourth-order valence-corrected chi connectivity index (χ4v) is 4.40. The van der Waals surface area contributed by atoms with Crippen molar-refractivity contribution < 1.29 is 14.3 Å². The molecule has 30 heavy (non-hydrogen) atoms. The van der Waals surface area contributed by atoms with Crippen molar-refractivity contribution >= 4 is 23.2 Å².